The Hall–Kier alpha value is -2.88. The lowest BCUT2D eigenvalue weighted by Gasteiger charge is -2.33. The Bertz CT molecular complexity index is 1290. The van der Waals surface area contributed by atoms with Gasteiger partial charge in [-0.1, -0.05) is 26.0 Å². The van der Waals surface area contributed by atoms with E-state index in [9.17, 15) is 4.79 Å². The molecule has 0 aliphatic rings. The molecule has 0 bridgehead atoms. The molecule has 1 atom stereocenters. The minimum Gasteiger partial charge on any atom is -0.383 e. The number of aromatic amines is 1. The standard InChI is InChI=1S/C25H32N6O2S/c1-16(2)23(24-27-28-29-31(24)8-9-33-5)30(15-20-7-6-10-34-20)14-19-13-21-18(4)11-17(3)12-22(21)26-25(19)32/h6-7,10-13,16,23H,8-9,14-15H2,1-5H3,(H,26,32)/t23-/m1/s1. The minimum absolute atomic E-state index is 0.0600. The first-order valence-electron chi connectivity index (χ1n) is 11.5. The van der Waals surface area contributed by atoms with Gasteiger partial charge in [0.05, 0.1) is 19.2 Å². The van der Waals surface area contributed by atoms with Gasteiger partial charge in [0, 0.05) is 41.5 Å². The highest BCUT2D eigenvalue weighted by Crippen LogP contribution is 2.31. The Morgan fingerprint density at radius 3 is 2.74 bits per heavy atom. The molecule has 0 saturated carbocycles. The van der Waals surface area contributed by atoms with Crippen LogP contribution >= 0.6 is 11.3 Å². The summed E-state index contributed by atoms with van der Waals surface area (Å²) in [5, 5.41) is 15.7. The minimum atomic E-state index is -0.0804. The van der Waals surface area contributed by atoms with Crippen LogP contribution in [-0.4, -0.2) is 43.8 Å². The molecule has 0 unspecified atom stereocenters. The van der Waals surface area contributed by atoms with Crippen molar-refractivity contribution in [3.05, 3.63) is 73.5 Å². The van der Waals surface area contributed by atoms with Gasteiger partial charge in [-0.15, -0.1) is 16.4 Å². The number of hydrogen-bond donors (Lipinski definition) is 1. The average molecular weight is 481 g/mol. The summed E-state index contributed by atoms with van der Waals surface area (Å²) < 4.78 is 7.07. The van der Waals surface area contributed by atoms with E-state index in [1.807, 2.05) is 23.7 Å². The molecule has 0 spiro atoms. The molecule has 0 aliphatic heterocycles. The Labute approximate surface area is 203 Å². The van der Waals surface area contributed by atoms with Crippen LogP contribution in [0.3, 0.4) is 0 Å². The second-order valence-corrected chi connectivity index (χ2v) is 10.1. The van der Waals surface area contributed by atoms with Gasteiger partial charge >= 0.3 is 0 Å². The van der Waals surface area contributed by atoms with E-state index in [-0.39, 0.29) is 17.5 Å². The number of fused-ring (bicyclic) bond motifs is 1. The summed E-state index contributed by atoms with van der Waals surface area (Å²) in [6.45, 7) is 10.7. The molecule has 0 saturated heterocycles. The number of hydrogen-bond acceptors (Lipinski definition) is 7. The summed E-state index contributed by atoms with van der Waals surface area (Å²) in [6, 6.07) is 10.3. The fraction of sp³-hybridized carbons (Fsp3) is 0.440. The third kappa shape index (κ3) is 5.27. The molecular formula is C25H32N6O2S. The van der Waals surface area contributed by atoms with E-state index in [2.05, 4.69) is 69.8 Å². The van der Waals surface area contributed by atoms with Gasteiger partial charge in [-0.05, 0) is 64.9 Å². The van der Waals surface area contributed by atoms with Gasteiger partial charge in [-0.3, -0.25) is 9.69 Å². The Balaban J connectivity index is 1.76. The summed E-state index contributed by atoms with van der Waals surface area (Å²) in [6.07, 6.45) is 0. The number of H-pyrrole nitrogens is 1. The van der Waals surface area contributed by atoms with Crippen LogP contribution in [0, 0.1) is 19.8 Å². The molecule has 180 valence electrons. The third-order valence-corrected chi connectivity index (χ3v) is 6.92. The number of nitrogens with one attached hydrogen (secondary N) is 1. The molecule has 3 aromatic heterocycles. The van der Waals surface area contributed by atoms with E-state index in [4.69, 9.17) is 4.74 Å². The largest absolute Gasteiger partial charge is 0.383 e. The molecule has 1 N–H and O–H groups in total. The number of rotatable bonds is 10. The van der Waals surface area contributed by atoms with E-state index in [0.29, 0.717) is 26.2 Å². The summed E-state index contributed by atoms with van der Waals surface area (Å²) in [4.78, 5) is 19.8. The van der Waals surface area contributed by atoms with Crippen LogP contribution in [0.25, 0.3) is 10.9 Å². The quantitative estimate of drug-likeness (QED) is 0.365. The second kappa shape index (κ2) is 10.6. The molecular weight excluding hydrogens is 448 g/mol. The molecule has 34 heavy (non-hydrogen) atoms. The van der Waals surface area contributed by atoms with Crippen LogP contribution in [0.5, 0.6) is 0 Å². The van der Waals surface area contributed by atoms with Crippen molar-refractivity contribution < 1.29 is 4.74 Å². The third-order valence-electron chi connectivity index (χ3n) is 6.06. The summed E-state index contributed by atoms with van der Waals surface area (Å²) in [5.41, 5.74) is 3.84. The number of methoxy groups -OCH3 is 1. The van der Waals surface area contributed by atoms with E-state index in [0.717, 1.165) is 33.4 Å². The molecule has 0 fully saturated rings. The SMILES string of the molecule is COCCn1nnnc1[C@@H](C(C)C)N(Cc1cccs1)Cc1cc2c(C)cc(C)cc2[nH]c1=O. The molecule has 9 heteroatoms. The summed E-state index contributed by atoms with van der Waals surface area (Å²) in [7, 11) is 1.67. The van der Waals surface area contributed by atoms with E-state index >= 15 is 0 Å². The highest BCUT2D eigenvalue weighted by molar-refractivity contribution is 7.09. The van der Waals surface area contributed by atoms with Crippen molar-refractivity contribution >= 4 is 22.2 Å². The van der Waals surface area contributed by atoms with Crippen LogP contribution in [0.15, 0.2) is 40.5 Å². The number of nitrogens with zero attached hydrogens (tertiary/aromatic N) is 5. The molecule has 1 aromatic carbocycles. The number of pyridine rings is 1. The maximum absolute atomic E-state index is 13.1. The Kier molecular flexibility index (Phi) is 7.55. The van der Waals surface area contributed by atoms with Crippen molar-refractivity contribution in [1.82, 2.24) is 30.1 Å². The highest BCUT2D eigenvalue weighted by atomic mass is 32.1. The monoisotopic (exact) mass is 480 g/mol. The number of aromatic nitrogens is 5. The fourth-order valence-corrected chi connectivity index (χ4v) is 5.28. The van der Waals surface area contributed by atoms with E-state index in [1.54, 1.807) is 18.4 Å². The molecule has 4 rings (SSSR count). The van der Waals surface area contributed by atoms with Crippen molar-refractivity contribution in [3.63, 3.8) is 0 Å². The van der Waals surface area contributed by atoms with Gasteiger partial charge < -0.3 is 9.72 Å². The molecule has 0 amide bonds. The van der Waals surface area contributed by atoms with E-state index < -0.39 is 0 Å². The zero-order valence-corrected chi connectivity index (χ0v) is 21.2. The van der Waals surface area contributed by atoms with Crippen LogP contribution < -0.4 is 5.56 Å². The highest BCUT2D eigenvalue weighted by Gasteiger charge is 2.30. The first-order chi connectivity index (χ1) is 16.4. The second-order valence-electron chi connectivity index (χ2n) is 9.09. The lowest BCUT2D eigenvalue weighted by molar-refractivity contribution is 0.122. The van der Waals surface area contributed by atoms with Gasteiger partial charge in [-0.25, -0.2) is 4.68 Å². The maximum atomic E-state index is 13.1. The van der Waals surface area contributed by atoms with Crippen molar-refractivity contribution in [2.24, 2.45) is 5.92 Å². The fourth-order valence-electron chi connectivity index (χ4n) is 4.55. The van der Waals surface area contributed by atoms with Crippen LogP contribution in [0.2, 0.25) is 0 Å². The number of tetrazole rings is 1. The molecule has 4 aromatic rings. The number of benzene rings is 1. The van der Waals surface area contributed by atoms with Gasteiger partial charge in [0.25, 0.3) is 5.56 Å². The van der Waals surface area contributed by atoms with Gasteiger partial charge in [-0.2, -0.15) is 0 Å². The molecule has 0 aliphatic carbocycles. The van der Waals surface area contributed by atoms with Gasteiger partial charge in [0.15, 0.2) is 5.82 Å². The Morgan fingerprint density at radius 2 is 2.03 bits per heavy atom. The zero-order valence-electron chi connectivity index (χ0n) is 20.4. The van der Waals surface area contributed by atoms with E-state index in [1.165, 1.54) is 4.88 Å². The average Bonchev–Trinajstić information content (AvgIpc) is 3.45. The lowest BCUT2D eigenvalue weighted by Crippen LogP contribution is -2.35. The summed E-state index contributed by atoms with van der Waals surface area (Å²) in [5.74, 6) is 1.00. The van der Waals surface area contributed by atoms with Crippen LogP contribution in [-0.2, 0) is 24.4 Å². The first-order valence-corrected chi connectivity index (χ1v) is 12.4. The predicted octanol–water partition coefficient (Wildman–Crippen LogP) is 4.24. The summed E-state index contributed by atoms with van der Waals surface area (Å²) >= 11 is 1.71. The van der Waals surface area contributed by atoms with Crippen LogP contribution in [0.4, 0.5) is 0 Å². The molecule has 3 heterocycles. The molecule has 8 nitrogen and oxygen atoms in total. The Morgan fingerprint density at radius 1 is 1.21 bits per heavy atom. The van der Waals surface area contributed by atoms with Crippen molar-refractivity contribution in [1.29, 1.82) is 0 Å². The normalized spacial score (nSPS) is 12.8. The van der Waals surface area contributed by atoms with Gasteiger partial charge in [0.1, 0.15) is 0 Å². The number of ether oxygens (including phenoxy) is 1. The maximum Gasteiger partial charge on any atom is 0.252 e. The van der Waals surface area contributed by atoms with Crippen molar-refractivity contribution in [2.45, 2.75) is 53.4 Å². The molecule has 0 radical (unpaired) electrons. The zero-order chi connectivity index (χ0) is 24.2. The van der Waals surface area contributed by atoms with Crippen molar-refractivity contribution in [3.8, 4) is 0 Å². The number of aryl methyl sites for hydroxylation is 2. The first kappa shape index (κ1) is 24.3. The topological polar surface area (TPSA) is 88.9 Å². The van der Waals surface area contributed by atoms with Crippen LogP contribution in [0.1, 0.15) is 47.3 Å². The lowest BCUT2D eigenvalue weighted by atomic mass is 9.99. The predicted molar refractivity (Wildman–Crippen MR) is 135 cm³/mol. The van der Waals surface area contributed by atoms with Gasteiger partial charge in [0.2, 0.25) is 0 Å². The number of thiophene rings is 1. The van der Waals surface area contributed by atoms with Crippen molar-refractivity contribution in [2.75, 3.05) is 13.7 Å². The smallest absolute Gasteiger partial charge is 0.252 e.